The molecule has 0 amide bonds. The average molecular weight is 143 g/mol. The molecule has 1 saturated heterocycles. The Labute approximate surface area is 62.6 Å². The molecule has 60 valence electrons. The number of piperidine rings is 1. The van der Waals surface area contributed by atoms with Crippen LogP contribution < -0.4 is 5.32 Å². The van der Waals surface area contributed by atoms with Crippen molar-refractivity contribution in [2.45, 2.75) is 39.3 Å². The van der Waals surface area contributed by atoms with E-state index in [1.807, 2.05) is 6.92 Å². The highest BCUT2D eigenvalue weighted by Crippen LogP contribution is 2.29. The summed E-state index contributed by atoms with van der Waals surface area (Å²) in [5.41, 5.74) is -0.252. The van der Waals surface area contributed by atoms with Crippen molar-refractivity contribution in [1.29, 1.82) is 0 Å². The van der Waals surface area contributed by atoms with Crippen LogP contribution in [-0.2, 0) is 0 Å². The summed E-state index contributed by atoms with van der Waals surface area (Å²) >= 11 is 0. The maximum Gasteiger partial charge on any atom is 0.113 e. The number of aliphatic hydroxyl groups is 1. The van der Waals surface area contributed by atoms with Crippen LogP contribution in [0.2, 0.25) is 0 Å². The highest BCUT2D eigenvalue weighted by atomic mass is 16.3. The lowest BCUT2D eigenvalue weighted by Gasteiger charge is -2.39. The highest BCUT2D eigenvalue weighted by molar-refractivity contribution is 4.84. The van der Waals surface area contributed by atoms with Crippen LogP contribution in [0.3, 0.4) is 0 Å². The summed E-state index contributed by atoms with van der Waals surface area (Å²) in [4.78, 5) is 0. The monoisotopic (exact) mass is 143 g/mol. The van der Waals surface area contributed by atoms with Gasteiger partial charge in [0.25, 0.3) is 0 Å². The molecule has 10 heavy (non-hydrogen) atoms. The van der Waals surface area contributed by atoms with Gasteiger partial charge in [0.15, 0.2) is 0 Å². The van der Waals surface area contributed by atoms with Gasteiger partial charge in [0.1, 0.15) is 5.72 Å². The molecular formula is C8H17NO. The summed E-state index contributed by atoms with van der Waals surface area (Å²) in [6.45, 7) is 7.19. The molecular weight excluding hydrogens is 126 g/mol. The normalized spacial score (nSPS) is 39.6. The fourth-order valence-electron chi connectivity index (χ4n) is 1.19. The lowest BCUT2D eigenvalue weighted by Crippen LogP contribution is -2.51. The molecule has 1 aliphatic rings. The van der Waals surface area contributed by atoms with Gasteiger partial charge in [0, 0.05) is 6.54 Å². The minimum atomic E-state index is -0.616. The number of hydrogen-bond acceptors (Lipinski definition) is 2. The Hall–Kier alpha value is -0.0800. The van der Waals surface area contributed by atoms with Gasteiger partial charge in [-0.2, -0.15) is 0 Å². The topological polar surface area (TPSA) is 32.3 Å². The molecule has 1 atom stereocenters. The van der Waals surface area contributed by atoms with Gasteiger partial charge >= 0.3 is 0 Å². The van der Waals surface area contributed by atoms with Gasteiger partial charge in [-0.3, -0.25) is 5.32 Å². The molecule has 1 aliphatic heterocycles. The van der Waals surface area contributed by atoms with E-state index < -0.39 is 5.72 Å². The lowest BCUT2D eigenvalue weighted by molar-refractivity contribution is -0.0289. The van der Waals surface area contributed by atoms with Gasteiger partial charge in [0.2, 0.25) is 0 Å². The first-order valence-corrected chi connectivity index (χ1v) is 3.89. The first kappa shape index (κ1) is 8.02. The van der Waals surface area contributed by atoms with E-state index in [0.717, 1.165) is 19.4 Å². The van der Waals surface area contributed by atoms with Crippen molar-refractivity contribution in [2.75, 3.05) is 6.54 Å². The summed E-state index contributed by atoms with van der Waals surface area (Å²) in [6.07, 6.45) is 1.97. The van der Waals surface area contributed by atoms with E-state index in [4.69, 9.17) is 0 Å². The van der Waals surface area contributed by atoms with Crippen molar-refractivity contribution in [3.05, 3.63) is 0 Å². The van der Waals surface area contributed by atoms with Crippen molar-refractivity contribution < 1.29 is 5.11 Å². The zero-order valence-corrected chi connectivity index (χ0v) is 7.07. The lowest BCUT2D eigenvalue weighted by atomic mass is 9.82. The fourth-order valence-corrected chi connectivity index (χ4v) is 1.19. The Balaban J connectivity index is 2.46. The largest absolute Gasteiger partial charge is 0.376 e. The van der Waals surface area contributed by atoms with Crippen LogP contribution in [0, 0.1) is 5.41 Å². The van der Waals surface area contributed by atoms with Crippen LogP contribution in [-0.4, -0.2) is 17.4 Å². The Morgan fingerprint density at radius 2 is 1.80 bits per heavy atom. The van der Waals surface area contributed by atoms with Crippen LogP contribution in [0.15, 0.2) is 0 Å². The van der Waals surface area contributed by atoms with E-state index >= 15 is 0 Å². The molecule has 1 rings (SSSR count). The molecule has 2 N–H and O–H groups in total. The van der Waals surface area contributed by atoms with Crippen molar-refractivity contribution in [1.82, 2.24) is 5.32 Å². The van der Waals surface area contributed by atoms with Crippen molar-refractivity contribution >= 4 is 0 Å². The van der Waals surface area contributed by atoms with Gasteiger partial charge in [-0.15, -0.1) is 0 Å². The third-order valence-corrected chi connectivity index (χ3v) is 2.24. The first-order chi connectivity index (χ1) is 4.41. The van der Waals surface area contributed by atoms with Crippen LogP contribution in [0.5, 0.6) is 0 Å². The first-order valence-electron chi connectivity index (χ1n) is 3.89. The maximum atomic E-state index is 9.50. The molecule has 2 nitrogen and oxygen atoms in total. The zero-order valence-electron chi connectivity index (χ0n) is 7.07. The summed E-state index contributed by atoms with van der Waals surface area (Å²) in [6, 6.07) is 0. The molecule has 1 unspecified atom stereocenters. The van der Waals surface area contributed by atoms with E-state index in [1.165, 1.54) is 0 Å². The Kier molecular flexibility index (Phi) is 1.77. The van der Waals surface area contributed by atoms with Crippen molar-refractivity contribution in [2.24, 2.45) is 5.41 Å². The summed E-state index contributed by atoms with van der Waals surface area (Å²) in [5.74, 6) is 0. The predicted molar refractivity (Wildman–Crippen MR) is 41.6 cm³/mol. The van der Waals surface area contributed by atoms with Gasteiger partial charge < -0.3 is 5.11 Å². The van der Waals surface area contributed by atoms with Gasteiger partial charge in [0.05, 0.1) is 0 Å². The second-order valence-corrected chi connectivity index (χ2v) is 4.29. The smallest absolute Gasteiger partial charge is 0.113 e. The van der Waals surface area contributed by atoms with Crippen LogP contribution >= 0.6 is 0 Å². The molecule has 0 aromatic carbocycles. The number of nitrogens with one attached hydrogen (secondary N) is 1. The Morgan fingerprint density at radius 3 is 2.10 bits per heavy atom. The third kappa shape index (κ3) is 1.96. The summed E-state index contributed by atoms with van der Waals surface area (Å²) in [5, 5.41) is 12.6. The summed E-state index contributed by atoms with van der Waals surface area (Å²) < 4.78 is 0. The fraction of sp³-hybridized carbons (Fsp3) is 1.00. The van der Waals surface area contributed by atoms with E-state index in [9.17, 15) is 5.11 Å². The molecule has 2 heteroatoms. The van der Waals surface area contributed by atoms with Gasteiger partial charge in [-0.25, -0.2) is 0 Å². The molecule has 0 aliphatic carbocycles. The van der Waals surface area contributed by atoms with Crippen LogP contribution in [0.25, 0.3) is 0 Å². The Morgan fingerprint density at radius 1 is 1.20 bits per heavy atom. The van der Waals surface area contributed by atoms with Gasteiger partial charge in [-0.05, 0) is 25.2 Å². The zero-order chi connectivity index (χ0) is 7.83. The highest BCUT2D eigenvalue weighted by Gasteiger charge is 2.31. The van der Waals surface area contributed by atoms with E-state index in [2.05, 4.69) is 19.2 Å². The Bertz CT molecular complexity index is 101. The predicted octanol–water partition coefficient (Wildman–Crippen LogP) is 1.10. The molecule has 0 spiro atoms. The minimum Gasteiger partial charge on any atom is -0.376 e. The van der Waals surface area contributed by atoms with Crippen LogP contribution in [0.4, 0.5) is 0 Å². The number of rotatable bonds is 0. The van der Waals surface area contributed by atoms with E-state index in [-0.39, 0.29) is 0 Å². The molecule has 0 aromatic heterocycles. The molecule has 1 heterocycles. The molecule has 0 aromatic rings. The molecule has 0 bridgehead atoms. The minimum absolute atomic E-state index is 0.363. The second-order valence-electron chi connectivity index (χ2n) is 4.29. The SMILES string of the molecule is CC1(C)CCC(C)(O)NC1. The van der Waals surface area contributed by atoms with Crippen LogP contribution in [0.1, 0.15) is 33.6 Å². The van der Waals surface area contributed by atoms with Crippen molar-refractivity contribution in [3.8, 4) is 0 Å². The average Bonchev–Trinajstić information content (AvgIpc) is 1.79. The second kappa shape index (κ2) is 2.21. The molecule has 0 saturated carbocycles. The third-order valence-electron chi connectivity index (χ3n) is 2.24. The molecule has 1 fully saturated rings. The van der Waals surface area contributed by atoms with Crippen molar-refractivity contribution in [3.63, 3.8) is 0 Å². The van der Waals surface area contributed by atoms with E-state index in [0.29, 0.717) is 5.41 Å². The molecule has 0 radical (unpaired) electrons. The number of hydrogen-bond donors (Lipinski definition) is 2. The maximum absolute atomic E-state index is 9.50. The summed E-state index contributed by atoms with van der Waals surface area (Å²) in [7, 11) is 0. The van der Waals surface area contributed by atoms with Gasteiger partial charge in [-0.1, -0.05) is 13.8 Å². The standard InChI is InChI=1S/C8H17NO/c1-7(2)4-5-8(3,10)9-6-7/h9-10H,4-6H2,1-3H3. The van der Waals surface area contributed by atoms with E-state index in [1.54, 1.807) is 0 Å². The quantitative estimate of drug-likeness (QED) is 0.532.